The van der Waals surface area contributed by atoms with E-state index in [0.29, 0.717) is 81.4 Å². The Bertz CT molecular complexity index is 8990. The van der Waals surface area contributed by atoms with Gasteiger partial charge < -0.3 is 22.8 Å². The Labute approximate surface area is 861 Å². The summed E-state index contributed by atoms with van der Waals surface area (Å²) in [6, 6.07) is 49.9. The first-order chi connectivity index (χ1) is 70.3. The lowest BCUT2D eigenvalue weighted by Crippen LogP contribution is -2.10. The maximum absolute atomic E-state index is 6.27. The van der Waals surface area contributed by atoms with Gasteiger partial charge in [-0.1, -0.05) is 132 Å². The molecule has 0 N–H and O–H groups in total. The molecule has 34 nitrogen and oxygen atoms in total. The Morgan fingerprint density at radius 1 is 0.421 bits per heavy atom. The van der Waals surface area contributed by atoms with Crippen LogP contribution < -0.4 is 0 Å². The fourth-order valence-corrected chi connectivity index (χ4v) is 18.8. The van der Waals surface area contributed by atoms with Crippen LogP contribution in [0.3, 0.4) is 0 Å². The van der Waals surface area contributed by atoms with Crippen LogP contribution in [-0.2, 0) is 48.3 Å². The number of halogens is 6. The third-order valence-electron chi connectivity index (χ3n) is 24.6. The predicted molar refractivity (Wildman–Crippen MR) is 550 cm³/mol. The van der Waals surface area contributed by atoms with E-state index in [1.807, 2.05) is 250 Å². The Morgan fingerprint density at radius 3 is 1.46 bits per heavy atom. The summed E-state index contributed by atoms with van der Waals surface area (Å²) >= 11 is 37.2. The standard InChI is InChI=1S/C21H14Cl2N6O.3C21H12ClN7.C20H20ClN5O.H2S/c22-13-3-1-12(2-4-13)19-10-24-21(30-19)20-18-8-15-9-26-27-29(15)17-7-14(23)5-6-16(17)28(18)11-25-20;22-15-3-5-18-20(9-15)29-16(11-25-26-29)10-19-17(24-13-28(18)19)4-1-14-2-6-21-23-7-8-27(21)12-14;22-15-2-4-18-20(10-15)29-16(12-25-26-29)11-19-17(24-13-28(18)19)3-1-14-5-7-27-8-6-23-21(27)9-14;22-15-5-7-19-21(9-15)29-16(12-24-26-29)10-20-17(23-13-27(19)20)6-4-14-11-25-28-8-2-1-3-18(14)28;1-20(2,3)8-7-15-17-10-25-18(11-27-4)23-24-19(25)14-9-13(21)5-6-16(14)26(17)12-22-15;/h1-7,9,11,19H,8,10H2;2-3,5-9,11-13H,10H2;2,4-10,12-13H,11H2;1-3,5,7-9,11-13H,10H2;5-6,9,12H,10-11H2,1-4H3;1H2/t19-;;;;;/m1...../s1. The number of fused-ring (bicyclic) bond motifs is 28. The Morgan fingerprint density at radius 2 is 0.903 bits per heavy atom. The van der Waals surface area contributed by atoms with Crippen molar-refractivity contribution in [1.82, 2.24) is 151 Å². The smallest absolute Gasteiger partial charge is 0.238 e. The molecule has 708 valence electrons. The molecular formula is C104H72Cl6N32O2S. The monoisotopic (exact) mass is 2040 g/mol. The van der Waals surface area contributed by atoms with Gasteiger partial charge in [0.1, 0.15) is 84.1 Å². The van der Waals surface area contributed by atoms with Crippen LogP contribution >= 0.6 is 83.1 Å². The molecule has 0 radical (unpaired) electrons. The lowest BCUT2D eigenvalue weighted by atomic mass is 9.98. The largest absolute Gasteiger partial charge is 0.466 e. The van der Waals surface area contributed by atoms with E-state index >= 15 is 0 Å². The van der Waals surface area contributed by atoms with E-state index in [9.17, 15) is 0 Å². The molecule has 16 aromatic heterocycles. The van der Waals surface area contributed by atoms with Gasteiger partial charge in [-0.3, -0.25) is 22.8 Å². The number of nitrogens with zero attached hydrogens (tertiary/aromatic N) is 32. The first-order valence-corrected chi connectivity index (χ1v) is 47.3. The van der Waals surface area contributed by atoms with Crippen molar-refractivity contribution in [3.8, 4) is 110 Å². The fourth-order valence-electron chi connectivity index (χ4n) is 17.8. The number of methoxy groups -OCH3 is 1. The Hall–Kier alpha value is -17.1. The number of hydrogen-bond acceptors (Lipinski definition) is 21. The normalized spacial score (nSPS) is 13.0. The minimum atomic E-state index is -0.154. The molecule has 0 spiro atoms. The van der Waals surface area contributed by atoms with Crippen molar-refractivity contribution >= 4 is 106 Å². The van der Waals surface area contributed by atoms with E-state index in [0.717, 1.165) is 187 Å². The molecular weight excluding hydrogens is 1970 g/mol. The molecule has 22 aromatic rings. The number of aliphatic imine (C=N–C) groups is 1. The number of hydrogen-bond donors (Lipinski definition) is 0. The van der Waals surface area contributed by atoms with Gasteiger partial charge in [0.15, 0.2) is 11.6 Å². The van der Waals surface area contributed by atoms with Crippen LogP contribution in [0.4, 0.5) is 0 Å². The highest BCUT2D eigenvalue weighted by Gasteiger charge is 2.34. The second-order valence-corrected chi connectivity index (χ2v) is 37.4. The average Bonchev–Trinajstić information content (AvgIpc) is 1.12. The Balaban J connectivity index is 0.000000100. The molecule has 0 fully saturated rings. The lowest BCUT2D eigenvalue weighted by molar-refractivity contribution is 0.174. The first-order valence-electron chi connectivity index (χ1n) is 45.0. The molecule has 0 saturated carbocycles. The molecule has 0 saturated heterocycles. The fraction of sp³-hybridized carbons (Fsp3) is 0.125. The van der Waals surface area contributed by atoms with E-state index in [-0.39, 0.29) is 25.0 Å². The van der Waals surface area contributed by atoms with Crippen LogP contribution in [0.2, 0.25) is 30.1 Å². The van der Waals surface area contributed by atoms with Crippen molar-refractivity contribution in [2.75, 3.05) is 13.7 Å². The first kappa shape index (κ1) is 91.7. The summed E-state index contributed by atoms with van der Waals surface area (Å²) in [7, 11) is 1.65. The molecule has 0 unspecified atom stereocenters. The van der Waals surface area contributed by atoms with Gasteiger partial charge in [-0.25, -0.2) is 63.1 Å². The maximum atomic E-state index is 6.27. The lowest BCUT2D eigenvalue weighted by Gasteiger charge is -2.12. The molecule has 1 atom stereocenters. The van der Waals surface area contributed by atoms with Gasteiger partial charge in [-0.2, -0.15) is 18.6 Å². The number of imidazole rings is 7. The van der Waals surface area contributed by atoms with Crippen LogP contribution in [0.5, 0.6) is 0 Å². The minimum Gasteiger partial charge on any atom is -0.466 e. The van der Waals surface area contributed by atoms with Crippen molar-refractivity contribution in [2.45, 2.75) is 65.7 Å². The van der Waals surface area contributed by atoms with Gasteiger partial charge in [-0.15, -0.1) is 30.6 Å². The van der Waals surface area contributed by atoms with Crippen LogP contribution in [0.15, 0.2) is 269 Å². The van der Waals surface area contributed by atoms with Gasteiger partial charge in [-0.05, 0) is 190 Å². The van der Waals surface area contributed by atoms with Crippen LogP contribution in [0, 0.1) is 52.8 Å². The zero-order valence-electron chi connectivity index (χ0n) is 76.7. The second-order valence-electron chi connectivity index (χ2n) is 34.8. The third-order valence-corrected chi connectivity index (χ3v) is 26.0. The SMILES string of the molecule is COCc1nnc2n1Cc1c(C#CC(C)(C)C)ncn1-c1ccc(Cl)cc1-2.Clc1ccc([C@H]2CN=C(c3ncn4c3Cc3cnnn3-c3cc(Cl)ccc3-4)O2)cc1.Clc1ccc2c(c1)-n1nncc1Cc1c(C#Cc3ccc4nccn4c3)ncn1-2.Clc1ccc2c(c1)-n1nncc1Cc1c(C#Cc3ccn4ccnc4c3)ncn1-2.Clc1ccc2c(c1)-n1nncc1Cc1c(C#Cc3cnn4ccccc34)ncn1-2.S. The summed E-state index contributed by atoms with van der Waals surface area (Å²) in [6.45, 7) is 7.72. The van der Waals surface area contributed by atoms with Crippen LogP contribution in [0.1, 0.15) is 135 Å². The van der Waals surface area contributed by atoms with Gasteiger partial charge >= 0.3 is 0 Å². The molecule has 41 heteroatoms. The molecule has 145 heavy (non-hydrogen) atoms. The van der Waals surface area contributed by atoms with Crippen molar-refractivity contribution < 1.29 is 9.47 Å². The number of pyridine rings is 3. The van der Waals surface area contributed by atoms with Crippen LogP contribution in [0.25, 0.3) is 79.4 Å². The maximum Gasteiger partial charge on any atom is 0.238 e. The predicted octanol–water partition coefficient (Wildman–Crippen LogP) is 17.2. The number of rotatable bonds is 4. The highest BCUT2D eigenvalue weighted by Crippen LogP contribution is 2.40. The second kappa shape index (κ2) is 38.1. The van der Waals surface area contributed by atoms with E-state index in [1.54, 1.807) is 75.8 Å². The van der Waals surface area contributed by atoms with Crippen molar-refractivity contribution in [2.24, 2.45) is 10.4 Å². The highest BCUT2D eigenvalue weighted by atomic mass is 35.5. The quantitative estimate of drug-likeness (QED) is 0.148. The third kappa shape index (κ3) is 17.7. The zero-order chi connectivity index (χ0) is 97.5. The molecule has 6 aliphatic rings. The summed E-state index contributed by atoms with van der Waals surface area (Å²) in [5.41, 5.74) is 27.7. The topological polar surface area (TPSA) is 325 Å². The van der Waals surface area contributed by atoms with Crippen LogP contribution in [-0.4, -0.2) is 170 Å². The molecule has 22 heterocycles. The molecule has 0 aliphatic carbocycles. The summed E-state index contributed by atoms with van der Waals surface area (Å²) in [4.78, 5) is 36.1. The summed E-state index contributed by atoms with van der Waals surface area (Å²) < 4.78 is 36.7. The number of ether oxygens (including phenoxy) is 2. The van der Waals surface area contributed by atoms with E-state index in [1.165, 1.54) is 0 Å². The highest BCUT2D eigenvalue weighted by molar-refractivity contribution is 7.59. The Kier molecular flexibility index (Phi) is 24.1. The zero-order valence-corrected chi connectivity index (χ0v) is 82.3. The van der Waals surface area contributed by atoms with Gasteiger partial charge in [0.05, 0.1) is 158 Å². The summed E-state index contributed by atoms with van der Waals surface area (Å²) in [5.74, 6) is 27.9. The van der Waals surface area contributed by atoms with E-state index in [2.05, 4.69) is 169 Å². The van der Waals surface area contributed by atoms with E-state index in [4.69, 9.17) is 79.1 Å². The molecule has 0 amide bonds. The molecule has 6 aromatic carbocycles. The average molecular weight is 2050 g/mol. The molecule has 28 rings (SSSR count). The number of benzene rings is 6. The molecule has 0 bridgehead atoms. The van der Waals surface area contributed by atoms with Crippen molar-refractivity contribution in [3.63, 3.8) is 0 Å². The van der Waals surface area contributed by atoms with Gasteiger partial charge in [0, 0.05) is 128 Å². The minimum absolute atomic E-state index is 0. The number of aromatic nitrogens is 31. The van der Waals surface area contributed by atoms with Crippen molar-refractivity contribution in [1.29, 1.82) is 0 Å². The van der Waals surface area contributed by atoms with Gasteiger partial charge in [0.25, 0.3) is 0 Å². The molecule has 6 aliphatic heterocycles. The summed E-state index contributed by atoms with van der Waals surface area (Å²) in [5, 5.41) is 50.2. The van der Waals surface area contributed by atoms with E-state index < -0.39 is 0 Å². The summed E-state index contributed by atoms with van der Waals surface area (Å²) in [6.07, 6.45) is 33.2. The van der Waals surface area contributed by atoms with Gasteiger partial charge in [0.2, 0.25) is 5.90 Å². The van der Waals surface area contributed by atoms with Crippen molar-refractivity contribution in [3.05, 3.63) is 402 Å².